The van der Waals surface area contributed by atoms with Crippen LogP contribution in [-0.2, 0) is 4.74 Å². The highest BCUT2D eigenvalue weighted by Gasteiger charge is 2.21. The Hall–Kier alpha value is -2.08. The number of ether oxygens (including phenoxy) is 1. The van der Waals surface area contributed by atoms with Gasteiger partial charge in [0.1, 0.15) is 5.69 Å². The van der Waals surface area contributed by atoms with Gasteiger partial charge in [-0.1, -0.05) is 6.08 Å². The monoisotopic (exact) mass is 277 g/mol. The van der Waals surface area contributed by atoms with Crippen molar-refractivity contribution in [2.24, 2.45) is 0 Å². The molecule has 0 aliphatic carbocycles. The van der Waals surface area contributed by atoms with E-state index in [2.05, 4.69) is 5.32 Å². The number of anilines is 2. The van der Waals surface area contributed by atoms with Crippen LogP contribution < -0.4 is 10.2 Å². The molecule has 0 bridgehead atoms. The van der Waals surface area contributed by atoms with Crippen molar-refractivity contribution in [3.05, 3.63) is 33.9 Å². The molecule has 0 saturated carbocycles. The second-order valence-electron chi connectivity index (χ2n) is 4.84. The summed E-state index contributed by atoms with van der Waals surface area (Å²) in [5.41, 5.74) is 3.60. The van der Waals surface area contributed by atoms with Crippen molar-refractivity contribution in [3.8, 4) is 0 Å². The van der Waals surface area contributed by atoms with E-state index >= 15 is 0 Å². The van der Waals surface area contributed by atoms with Crippen LogP contribution >= 0.6 is 0 Å². The minimum atomic E-state index is -0.353. The Bertz CT molecular complexity index is 553. The third kappa shape index (κ3) is 2.75. The highest BCUT2D eigenvalue weighted by molar-refractivity contribution is 5.83. The number of nitrogens with zero attached hydrogens (tertiary/aromatic N) is 2. The maximum atomic E-state index is 11.2. The normalized spacial score (nSPS) is 14.7. The summed E-state index contributed by atoms with van der Waals surface area (Å²) in [7, 11) is 5.56. The molecule has 0 unspecified atom stereocenters. The van der Waals surface area contributed by atoms with E-state index in [1.807, 2.05) is 31.1 Å². The zero-order valence-corrected chi connectivity index (χ0v) is 12.0. The molecule has 0 fully saturated rings. The fourth-order valence-electron chi connectivity index (χ4n) is 2.33. The molecule has 0 radical (unpaired) electrons. The van der Waals surface area contributed by atoms with Crippen molar-refractivity contribution in [2.75, 3.05) is 44.6 Å². The summed E-state index contributed by atoms with van der Waals surface area (Å²) in [5.74, 6) is 0. The summed E-state index contributed by atoms with van der Waals surface area (Å²) >= 11 is 0. The second kappa shape index (κ2) is 5.92. The number of rotatable bonds is 4. The lowest BCUT2D eigenvalue weighted by atomic mass is 9.97. The van der Waals surface area contributed by atoms with E-state index in [1.165, 1.54) is 0 Å². The van der Waals surface area contributed by atoms with Gasteiger partial charge in [-0.3, -0.25) is 10.1 Å². The molecule has 0 amide bonds. The quantitative estimate of drug-likeness (QED) is 0.676. The largest absolute Gasteiger partial charge is 0.383 e. The minimum absolute atomic E-state index is 0.0977. The molecule has 0 saturated heterocycles. The molecule has 1 aromatic rings. The molecule has 1 aliphatic rings. The molecular weight excluding hydrogens is 258 g/mol. The Morgan fingerprint density at radius 2 is 2.15 bits per heavy atom. The van der Waals surface area contributed by atoms with Gasteiger partial charge in [0, 0.05) is 38.5 Å². The number of nitro benzene ring substituents is 1. The second-order valence-corrected chi connectivity index (χ2v) is 4.84. The van der Waals surface area contributed by atoms with Gasteiger partial charge in [0.05, 0.1) is 18.1 Å². The first-order chi connectivity index (χ1) is 9.54. The maximum absolute atomic E-state index is 11.2. The zero-order valence-electron chi connectivity index (χ0n) is 12.0. The Kier molecular flexibility index (Phi) is 4.24. The highest BCUT2D eigenvalue weighted by atomic mass is 16.6. The average Bonchev–Trinajstić information content (AvgIpc) is 2.46. The van der Waals surface area contributed by atoms with Crippen LogP contribution in [-0.4, -0.2) is 39.3 Å². The lowest BCUT2D eigenvalue weighted by Gasteiger charge is -2.22. The summed E-state index contributed by atoms with van der Waals surface area (Å²) in [4.78, 5) is 12.8. The Labute approximate surface area is 118 Å². The number of hydrogen-bond donors (Lipinski definition) is 1. The van der Waals surface area contributed by atoms with E-state index in [9.17, 15) is 10.1 Å². The number of nitrogens with one attached hydrogen (secondary N) is 1. The van der Waals surface area contributed by atoms with E-state index in [4.69, 9.17) is 4.74 Å². The number of benzene rings is 1. The first-order valence-corrected chi connectivity index (χ1v) is 6.49. The van der Waals surface area contributed by atoms with Crippen molar-refractivity contribution in [3.63, 3.8) is 0 Å². The third-order valence-electron chi connectivity index (χ3n) is 3.37. The molecular formula is C14H19N3O3. The van der Waals surface area contributed by atoms with Crippen molar-refractivity contribution < 1.29 is 9.66 Å². The van der Waals surface area contributed by atoms with Gasteiger partial charge in [0.2, 0.25) is 0 Å². The molecule has 6 nitrogen and oxygen atoms in total. The van der Waals surface area contributed by atoms with Crippen LogP contribution in [0.5, 0.6) is 0 Å². The lowest BCUT2D eigenvalue weighted by Crippen LogP contribution is -2.14. The van der Waals surface area contributed by atoms with Crippen LogP contribution in [0.25, 0.3) is 5.57 Å². The summed E-state index contributed by atoms with van der Waals surface area (Å²) < 4.78 is 5.31. The average molecular weight is 277 g/mol. The van der Waals surface area contributed by atoms with E-state index < -0.39 is 0 Å². The van der Waals surface area contributed by atoms with Gasteiger partial charge in [-0.05, 0) is 18.1 Å². The molecule has 2 rings (SSSR count). The highest BCUT2D eigenvalue weighted by Crippen LogP contribution is 2.37. The van der Waals surface area contributed by atoms with E-state index in [0.29, 0.717) is 18.9 Å². The van der Waals surface area contributed by atoms with E-state index in [-0.39, 0.29) is 10.6 Å². The maximum Gasteiger partial charge on any atom is 0.293 e. The Morgan fingerprint density at radius 1 is 1.40 bits per heavy atom. The van der Waals surface area contributed by atoms with Crippen LogP contribution in [0.4, 0.5) is 17.1 Å². The molecule has 20 heavy (non-hydrogen) atoms. The molecule has 108 valence electrons. The molecule has 0 spiro atoms. The van der Waals surface area contributed by atoms with Gasteiger partial charge in [-0.15, -0.1) is 0 Å². The Morgan fingerprint density at radius 3 is 2.65 bits per heavy atom. The van der Waals surface area contributed by atoms with Gasteiger partial charge in [0.15, 0.2) is 0 Å². The topological polar surface area (TPSA) is 67.6 Å². The third-order valence-corrected chi connectivity index (χ3v) is 3.37. The summed E-state index contributed by atoms with van der Waals surface area (Å²) in [6.45, 7) is 1.21. The van der Waals surface area contributed by atoms with Crippen LogP contribution in [0.3, 0.4) is 0 Å². The van der Waals surface area contributed by atoms with Crippen LogP contribution in [0.15, 0.2) is 18.2 Å². The smallest absolute Gasteiger partial charge is 0.293 e. The van der Waals surface area contributed by atoms with Gasteiger partial charge < -0.3 is 15.0 Å². The first kappa shape index (κ1) is 14.3. The summed E-state index contributed by atoms with van der Waals surface area (Å²) in [5, 5.41) is 14.1. The fourth-order valence-corrected chi connectivity index (χ4v) is 2.33. The van der Waals surface area contributed by atoms with E-state index in [0.717, 1.165) is 23.2 Å². The van der Waals surface area contributed by atoms with Crippen molar-refractivity contribution in [1.82, 2.24) is 0 Å². The minimum Gasteiger partial charge on any atom is -0.383 e. The van der Waals surface area contributed by atoms with Crippen LogP contribution in [0.1, 0.15) is 12.0 Å². The first-order valence-electron chi connectivity index (χ1n) is 6.49. The molecule has 1 N–H and O–H groups in total. The summed E-state index contributed by atoms with van der Waals surface area (Å²) in [6.07, 6.45) is 2.77. The number of hydrogen-bond acceptors (Lipinski definition) is 5. The standard InChI is InChI=1S/C14H19N3O3/c1-15-12-9-13(16(2)3)11(8-14(12)17(18)19)10-4-6-20-7-5-10/h4,8-9,15H,5-7H2,1-3H3. The van der Waals surface area contributed by atoms with Gasteiger partial charge >= 0.3 is 0 Å². The van der Waals surface area contributed by atoms with Crippen molar-refractivity contribution in [2.45, 2.75) is 6.42 Å². The molecule has 1 heterocycles. The molecule has 0 aromatic heterocycles. The fraction of sp³-hybridized carbons (Fsp3) is 0.429. The van der Waals surface area contributed by atoms with Gasteiger partial charge in [-0.25, -0.2) is 0 Å². The SMILES string of the molecule is CNc1cc(N(C)C)c(C2=CCOCC2)cc1[N+](=O)[O-]. The predicted molar refractivity (Wildman–Crippen MR) is 80.4 cm³/mol. The van der Waals surface area contributed by atoms with E-state index in [1.54, 1.807) is 13.1 Å². The predicted octanol–water partition coefficient (Wildman–Crippen LogP) is 2.51. The molecule has 1 aliphatic heterocycles. The van der Waals surface area contributed by atoms with Crippen LogP contribution in [0.2, 0.25) is 0 Å². The molecule has 0 atom stereocenters. The van der Waals surface area contributed by atoms with Gasteiger partial charge in [-0.2, -0.15) is 0 Å². The zero-order chi connectivity index (χ0) is 14.7. The summed E-state index contributed by atoms with van der Waals surface area (Å²) in [6, 6.07) is 3.47. The molecule has 1 aromatic carbocycles. The van der Waals surface area contributed by atoms with Crippen LogP contribution in [0, 0.1) is 10.1 Å². The Balaban J connectivity index is 2.60. The van der Waals surface area contributed by atoms with Gasteiger partial charge in [0.25, 0.3) is 5.69 Å². The molecule has 6 heteroatoms. The number of nitro groups is 1. The lowest BCUT2D eigenvalue weighted by molar-refractivity contribution is -0.383. The van der Waals surface area contributed by atoms with Crippen molar-refractivity contribution in [1.29, 1.82) is 0 Å². The van der Waals surface area contributed by atoms with Crippen molar-refractivity contribution >= 4 is 22.6 Å².